The zero-order valence-electron chi connectivity index (χ0n) is 11.2. The molecule has 1 unspecified atom stereocenters. The molecule has 1 heterocycles. The Morgan fingerprint density at radius 3 is 2.79 bits per heavy atom. The average Bonchev–Trinajstić information content (AvgIpc) is 2.67. The number of halogens is 2. The van der Waals surface area contributed by atoms with E-state index in [1.165, 1.54) is 17.7 Å². The van der Waals surface area contributed by atoms with Gasteiger partial charge in [0.2, 0.25) is 0 Å². The number of aromatic nitrogens is 2. The third-order valence-electron chi connectivity index (χ3n) is 3.36. The summed E-state index contributed by atoms with van der Waals surface area (Å²) < 4.78 is 15.7. The summed E-state index contributed by atoms with van der Waals surface area (Å²) in [4.78, 5) is 0. The molecule has 19 heavy (non-hydrogen) atoms. The molecular formula is C14H17BrFN3. The Morgan fingerprint density at radius 1 is 1.47 bits per heavy atom. The number of hydrogen-bond acceptors (Lipinski definition) is 2. The van der Waals surface area contributed by atoms with Gasteiger partial charge in [0.1, 0.15) is 5.82 Å². The van der Waals surface area contributed by atoms with Crippen molar-refractivity contribution < 1.29 is 4.39 Å². The van der Waals surface area contributed by atoms with Crippen molar-refractivity contribution in [3.8, 4) is 0 Å². The lowest BCUT2D eigenvalue weighted by molar-refractivity contribution is 0.567. The minimum absolute atomic E-state index is 0.134. The van der Waals surface area contributed by atoms with Crippen molar-refractivity contribution in [3.63, 3.8) is 0 Å². The minimum Gasteiger partial charge on any atom is -0.306 e. The molecule has 0 aliphatic carbocycles. The number of nitrogens with zero attached hydrogens (tertiary/aromatic N) is 2. The van der Waals surface area contributed by atoms with Gasteiger partial charge in [-0.3, -0.25) is 4.68 Å². The van der Waals surface area contributed by atoms with Gasteiger partial charge in [0.25, 0.3) is 0 Å². The number of benzene rings is 1. The Hall–Kier alpha value is -1.20. The van der Waals surface area contributed by atoms with Gasteiger partial charge in [-0.1, -0.05) is 22.0 Å². The summed E-state index contributed by atoms with van der Waals surface area (Å²) in [6, 6.07) is 4.90. The van der Waals surface area contributed by atoms with Crippen molar-refractivity contribution in [2.24, 2.45) is 7.05 Å². The maximum atomic E-state index is 13.1. The lowest BCUT2D eigenvalue weighted by Crippen LogP contribution is -2.18. The van der Waals surface area contributed by atoms with Crippen LogP contribution in [0.4, 0.5) is 4.39 Å². The van der Waals surface area contributed by atoms with E-state index in [-0.39, 0.29) is 11.9 Å². The summed E-state index contributed by atoms with van der Waals surface area (Å²) >= 11 is 3.40. The summed E-state index contributed by atoms with van der Waals surface area (Å²) in [5.74, 6) is -0.231. The van der Waals surface area contributed by atoms with Crippen LogP contribution in [0.25, 0.3) is 0 Å². The molecule has 1 N–H and O–H groups in total. The molecule has 1 atom stereocenters. The van der Waals surface area contributed by atoms with Crippen LogP contribution < -0.4 is 5.32 Å². The Morgan fingerprint density at radius 2 is 2.21 bits per heavy atom. The van der Waals surface area contributed by atoms with E-state index in [9.17, 15) is 4.39 Å². The van der Waals surface area contributed by atoms with E-state index < -0.39 is 0 Å². The second-order valence-corrected chi connectivity index (χ2v) is 5.50. The molecule has 1 aromatic heterocycles. The third-order valence-corrected chi connectivity index (χ3v) is 4.05. The molecular weight excluding hydrogens is 309 g/mol. The minimum atomic E-state index is -0.231. The van der Waals surface area contributed by atoms with Crippen LogP contribution in [0.5, 0.6) is 0 Å². The molecule has 0 bridgehead atoms. The fourth-order valence-corrected chi connectivity index (χ4v) is 2.64. The average molecular weight is 326 g/mol. The van der Waals surface area contributed by atoms with Crippen molar-refractivity contribution in [2.75, 3.05) is 0 Å². The van der Waals surface area contributed by atoms with Gasteiger partial charge < -0.3 is 5.32 Å². The van der Waals surface area contributed by atoms with Crippen LogP contribution in [0.2, 0.25) is 0 Å². The van der Waals surface area contributed by atoms with Crippen molar-refractivity contribution in [1.82, 2.24) is 15.1 Å². The zero-order chi connectivity index (χ0) is 14.0. The molecule has 5 heteroatoms. The van der Waals surface area contributed by atoms with Crippen LogP contribution >= 0.6 is 15.9 Å². The molecule has 2 rings (SSSR count). The fraction of sp³-hybridized carbons (Fsp3) is 0.357. The molecule has 0 radical (unpaired) electrons. The molecule has 0 spiro atoms. The van der Waals surface area contributed by atoms with E-state index in [2.05, 4.69) is 33.3 Å². The zero-order valence-corrected chi connectivity index (χ0v) is 12.8. The predicted octanol–water partition coefficient (Wildman–Crippen LogP) is 3.48. The Labute approximate surface area is 121 Å². The molecule has 0 saturated carbocycles. The monoisotopic (exact) mass is 325 g/mol. The standard InChI is InChI=1S/C14H17BrFN3/c1-9(13-5-4-12(16)6-14(13)15)17-7-11-8-18-19(3)10(11)2/h4-6,8-9,17H,7H2,1-3H3. The normalized spacial score (nSPS) is 12.7. The summed E-state index contributed by atoms with van der Waals surface area (Å²) in [5, 5.41) is 7.64. The number of hydrogen-bond donors (Lipinski definition) is 1. The highest BCUT2D eigenvalue weighted by molar-refractivity contribution is 9.10. The molecule has 0 aliphatic heterocycles. The first-order valence-corrected chi connectivity index (χ1v) is 6.94. The van der Waals surface area contributed by atoms with Gasteiger partial charge in [-0.15, -0.1) is 0 Å². The van der Waals surface area contributed by atoms with Crippen molar-refractivity contribution in [2.45, 2.75) is 26.4 Å². The first kappa shape index (κ1) is 14.2. The predicted molar refractivity (Wildman–Crippen MR) is 77.3 cm³/mol. The molecule has 0 amide bonds. The van der Waals surface area contributed by atoms with Crippen molar-refractivity contribution in [3.05, 3.63) is 51.5 Å². The van der Waals surface area contributed by atoms with Gasteiger partial charge in [-0.2, -0.15) is 5.10 Å². The van der Waals surface area contributed by atoms with Crippen LogP contribution in [-0.2, 0) is 13.6 Å². The molecule has 0 aliphatic rings. The van der Waals surface area contributed by atoms with Gasteiger partial charge in [-0.05, 0) is 31.5 Å². The fourth-order valence-electron chi connectivity index (χ4n) is 1.94. The third kappa shape index (κ3) is 3.22. The van der Waals surface area contributed by atoms with E-state index in [1.54, 1.807) is 6.07 Å². The number of nitrogens with one attached hydrogen (secondary N) is 1. The molecule has 0 fully saturated rings. The van der Waals surface area contributed by atoms with Gasteiger partial charge in [0.15, 0.2) is 0 Å². The summed E-state index contributed by atoms with van der Waals surface area (Å²) in [5.41, 5.74) is 3.37. The lowest BCUT2D eigenvalue weighted by Gasteiger charge is -2.15. The van der Waals surface area contributed by atoms with Crippen LogP contribution in [0.15, 0.2) is 28.9 Å². The Balaban J connectivity index is 2.05. The lowest BCUT2D eigenvalue weighted by atomic mass is 10.1. The summed E-state index contributed by atoms with van der Waals surface area (Å²) in [6.45, 7) is 4.84. The maximum absolute atomic E-state index is 13.1. The highest BCUT2D eigenvalue weighted by atomic mass is 79.9. The highest BCUT2D eigenvalue weighted by Crippen LogP contribution is 2.24. The van der Waals surface area contributed by atoms with Crippen LogP contribution in [0.3, 0.4) is 0 Å². The Kier molecular flexibility index (Phi) is 4.37. The van der Waals surface area contributed by atoms with Crippen molar-refractivity contribution >= 4 is 15.9 Å². The number of rotatable bonds is 4. The quantitative estimate of drug-likeness (QED) is 0.932. The van der Waals surface area contributed by atoms with Gasteiger partial charge in [0.05, 0.1) is 6.20 Å². The van der Waals surface area contributed by atoms with Crippen LogP contribution in [0, 0.1) is 12.7 Å². The van der Waals surface area contributed by atoms with E-state index >= 15 is 0 Å². The van der Waals surface area contributed by atoms with E-state index in [4.69, 9.17) is 0 Å². The maximum Gasteiger partial charge on any atom is 0.124 e. The largest absolute Gasteiger partial charge is 0.306 e. The summed E-state index contributed by atoms with van der Waals surface area (Å²) in [7, 11) is 1.93. The molecule has 0 saturated heterocycles. The van der Waals surface area contributed by atoms with Crippen molar-refractivity contribution in [1.29, 1.82) is 0 Å². The first-order chi connectivity index (χ1) is 8.99. The van der Waals surface area contributed by atoms with Crippen LogP contribution in [-0.4, -0.2) is 9.78 Å². The van der Waals surface area contributed by atoms with E-state index in [0.29, 0.717) is 0 Å². The van der Waals surface area contributed by atoms with Gasteiger partial charge >= 0.3 is 0 Å². The Bertz CT molecular complexity index is 580. The number of aryl methyl sites for hydroxylation is 1. The molecule has 1 aromatic carbocycles. The molecule has 2 aromatic rings. The summed E-state index contributed by atoms with van der Waals surface area (Å²) in [6.07, 6.45) is 1.87. The van der Waals surface area contributed by atoms with E-state index in [1.807, 2.05) is 24.9 Å². The molecule has 102 valence electrons. The topological polar surface area (TPSA) is 29.9 Å². The van der Waals surface area contributed by atoms with Gasteiger partial charge in [-0.25, -0.2) is 4.39 Å². The SMILES string of the molecule is Cc1c(CNC(C)c2ccc(F)cc2Br)cnn1C. The highest BCUT2D eigenvalue weighted by Gasteiger charge is 2.11. The smallest absolute Gasteiger partial charge is 0.124 e. The molecule has 3 nitrogen and oxygen atoms in total. The van der Waals surface area contributed by atoms with E-state index in [0.717, 1.165) is 22.3 Å². The first-order valence-electron chi connectivity index (χ1n) is 6.15. The van der Waals surface area contributed by atoms with Gasteiger partial charge in [0, 0.05) is 35.4 Å². The van der Waals surface area contributed by atoms with Crippen LogP contribution in [0.1, 0.15) is 29.8 Å². The second kappa shape index (κ2) is 5.84. The second-order valence-electron chi connectivity index (χ2n) is 4.65.